The summed E-state index contributed by atoms with van der Waals surface area (Å²) in [5, 5.41) is 0. The molecule has 1 aliphatic heterocycles. The highest BCUT2D eigenvalue weighted by atomic mass is 16.5. The number of carbonyl (C=O) groups is 1. The van der Waals surface area contributed by atoms with Crippen molar-refractivity contribution < 1.29 is 13.9 Å². The van der Waals surface area contributed by atoms with Crippen molar-refractivity contribution in [2.24, 2.45) is 0 Å². The van der Waals surface area contributed by atoms with Gasteiger partial charge in [0.25, 0.3) is 5.91 Å². The van der Waals surface area contributed by atoms with Crippen LogP contribution in [-0.4, -0.2) is 40.7 Å². The van der Waals surface area contributed by atoms with E-state index in [1.807, 2.05) is 50.8 Å². The number of aromatic nitrogens is 1. The number of morpholine rings is 1. The zero-order valence-electron chi connectivity index (χ0n) is 14.2. The van der Waals surface area contributed by atoms with E-state index in [-0.39, 0.29) is 18.1 Å². The lowest BCUT2D eigenvalue weighted by molar-refractivity contribution is -0.0586. The fourth-order valence-electron chi connectivity index (χ4n) is 3.33. The Labute approximate surface area is 136 Å². The van der Waals surface area contributed by atoms with Crippen LogP contribution in [-0.2, 0) is 11.3 Å². The Bertz CT molecular complexity index is 677. The van der Waals surface area contributed by atoms with E-state index in [0.29, 0.717) is 19.6 Å². The predicted molar refractivity (Wildman–Crippen MR) is 87.6 cm³/mol. The fourth-order valence-corrected chi connectivity index (χ4v) is 3.33. The predicted octanol–water partition coefficient (Wildman–Crippen LogP) is 3.00. The molecule has 0 N–H and O–H groups in total. The first-order valence-corrected chi connectivity index (χ1v) is 8.09. The molecule has 1 fully saturated rings. The van der Waals surface area contributed by atoms with Crippen molar-refractivity contribution in [2.45, 2.75) is 46.4 Å². The molecule has 0 aromatic carbocycles. The van der Waals surface area contributed by atoms with Crippen molar-refractivity contribution in [1.82, 2.24) is 9.47 Å². The van der Waals surface area contributed by atoms with Gasteiger partial charge in [0.1, 0.15) is 5.76 Å². The lowest BCUT2D eigenvalue weighted by Crippen LogP contribution is -2.48. The Hall–Kier alpha value is -2.01. The van der Waals surface area contributed by atoms with Crippen LogP contribution in [0.4, 0.5) is 0 Å². The van der Waals surface area contributed by atoms with E-state index in [1.54, 1.807) is 6.26 Å². The maximum absolute atomic E-state index is 12.9. The van der Waals surface area contributed by atoms with E-state index in [9.17, 15) is 4.79 Å². The minimum atomic E-state index is 0.0781. The van der Waals surface area contributed by atoms with Crippen LogP contribution in [0.2, 0.25) is 0 Å². The van der Waals surface area contributed by atoms with Crippen LogP contribution in [0.5, 0.6) is 0 Å². The van der Waals surface area contributed by atoms with E-state index >= 15 is 0 Å². The maximum Gasteiger partial charge on any atom is 0.255 e. The molecule has 5 heteroatoms. The van der Waals surface area contributed by atoms with Crippen molar-refractivity contribution in [1.29, 1.82) is 0 Å². The Balaban J connectivity index is 1.84. The first-order chi connectivity index (χ1) is 11.0. The van der Waals surface area contributed by atoms with Gasteiger partial charge in [-0.25, -0.2) is 0 Å². The maximum atomic E-state index is 12.9. The molecule has 0 spiro atoms. The molecule has 3 rings (SSSR count). The number of amides is 1. The Morgan fingerprint density at radius 2 is 1.96 bits per heavy atom. The molecule has 1 amide bonds. The van der Waals surface area contributed by atoms with Gasteiger partial charge >= 0.3 is 0 Å². The molecule has 0 unspecified atom stereocenters. The number of furan rings is 1. The third-order valence-corrected chi connectivity index (χ3v) is 4.40. The average Bonchev–Trinajstić information content (AvgIpc) is 3.09. The van der Waals surface area contributed by atoms with Crippen LogP contribution < -0.4 is 0 Å². The summed E-state index contributed by atoms with van der Waals surface area (Å²) in [7, 11) is 0. The standard InChI is InChI=1S/C18H24N2O3/c1-12-8-17(15(4)20(12)11-16-6-5-7-22-16)18(21)19-9-13(2)23-14(3)10-19/h5-8,13-14H,9-11H2,1-4H3/t13-,14+. The molecule has 0 radical (unpaired) electrons. The Kier molecular flexibility index (Phi) is 4.31. The summed E-state index contributed by atoms with van der Waals surface area (Å²) in [5.74, 6) is 0.977. The largest absolute Gasteiger partial charge is 0.467 e. The van der Waals surface area contributed by atoms with Crippen molar-refractivity contribution >= 4 is 5.91 Å². The van der Waals surface area contributed by atoms with Crippen LogP contribution in [0.25, 0.3) is 0 Å². The van der Waals surface area contributed by atoms with Gasteiger partial charge in [-0.1, -0.05) is 0 Å². The minimum Gasteiger partial charge on any atom is -0.467 e. The summed E-state index contributed by atoms with van der Waals surface area (Å²) in [6.45, 7) is 9.98. The highest BCUT2D eigenvalue weighted by Gasteiger charge is 2.28. The highest BCUT2D eigenvalue weighted by Crippen LogP contribution is 2.21. The van der Waals surface area contributed by atoms with Gasteiger partial charge in [-0.15, -0.1) is 0 Å². The number of rotatable bonds is 3. The monoisotopic (exact) mass is 316 g/mol. The molecular formula is C18H24N2O3. The van der Waals surface area contributed by atoms with E-state index < -0.39 is 0 Å². The number of aryl methyl sites for hydroxylation is 1. The zero-order valence-corrected chi connectivity index (χ0v) is 14.2. The molecule has 2 atom stereocenters. The van der Waals surface area contributed by atoms with Crippen LogP contribution in [0.15, 0.2) is 28.9 Å². The lowest BCUT2D eigenvalue weighted by atomic mass is 10.1. The second-order valence-corrected chi connectivity index (χ2v) is 6.42. The summed E-state index contributed by atoms with van der Waals surface area (Å²) in [4.78, 5) is 14.8. The molecule has 0 aliphatic carbocycles. The third kappa shape index (κ3) is 3.20. The van der Waals surface area contributed by atoms with Crippen molar-refractivity contribution in [3.8, 4) is 0 Å². The summed E-state index contributed by atoms with van der Waals surface area (Å²) in [6, 6.07) is 5.81. The van der Waals surface area contributed by atoms with Gasteiger partial charge in [0.2, 0.25) is 0 Å². The Morgan fingerprint density at radius 1 is 1.26 bits per heavy atom. The highest BCUT2D eigenvalue weighted by molar-refractivity contribution is 5.95. The fraction of sp³-hybridized carbons (Fsp3) is 0.500. The van der Waals surface area contributed by atoms with E-state index in [0.717, 1.165) is 22.7 Å². The number of carbonyl (C=O) groups excluding carboxylic acids is 1. The minimum absolute atomic E-state index is 0.0781. The van der Waals surface area contributed by atoms with Crippen LogP contribution in [0.1, 0.15) is 41.4 Å². The molecule has 3 heterocycles. The lowest BCUT2D eigenvalue weighted by Gasteiger charge is -2.35. The van der Waals surface area contributed by atoms with Crippen molar-refractivity contribution in [3.63, 3.8) is 0 Å². The van der Waals surface area contributed by atoms with Crippen molar-refractivity contribution in [3.05, 3.63) is 47.2 Å². The second kappa shape index (κ2) is 6.24. The number of hydrogen-bond acceptors (Lipinski definition) is 3. The normalized spacial score (nSPS) is 21.7. The smallest absolute Gasteiger partial charge is 0.255 e. The topological polar surface area (TPSA) is 47.6 Å². The third-order valence-electron chi connectivity index (χ3n) is 4.40. The van der Waals surface area contributed by atoms with Gasteiger partial charge in [0.15, 0.2) is 0 Å². The molecule has 0 bridgehead atoms. The number of hydrogen-bond donors (Lipinski definition) is 0. The van der Waals surface area contributed by atoms with Gasteiger partial charge in [0.05, 0.1) is 30.6 Å². The molecule has 1 saturated heterocycles. The molecule has 23 heavy (non-hydrogen) atoms. The van der Waals surface area contributed by atoms with Crippen LogP contribution in [0, 0.1) is 13.8 Å². The second-order valence-electron chi connectivity index (χ2n) is 6.42. The quantitative estimate of drug-likeness (QED) is 0.874. The summed E-state index contributed by atoms with van der Waals surface area (Å²) in [5.41, 5.74) is 2.82. The summed E-state index contributed by atoms with van der Waals surface area (Å²) < 4.78 is 13.3. The SMILES string of the molecule is Cc1cc(C(=O)N2C[C@@H](C)O[C@@H](C)C2)c(C)n1Cc1ccco1. The molecule has 2 aromatic heterocycles. The Morgan fingerprint density at radius 3 is 2.57 bits per heavy atom. The summed E-state index contributed by atoms with van der Waals surface area (Å²) >= 11 is 0. The van der Waals surface area contributed by atoms with E-state index in [2.05, 4.69) is 4.57 Å². The van der Waals surface area contributed by atoms with Crippen LogP contribution in [0.3, 0.4) is 0 Å². The van der Waals surface area contributed by atoms with Gasteiger partial charge < -0.3 is 18.6 Å². The zero-order chi connectivity index (χ0) is 16.6. The first-order valence-electron chi connectivity index (χ1n) is 8.09. The van der Waals surface area contributed by atoms with Crippen LogP contribution >= 0.6 is 0 Å². The molecule has 2 aromatic rings. The van der Waals surface area contributed by atoms with Gasteiger partial charge in [0, 0.05) is 24.5 Å². The number of ether oxygens (including phenoxy) is 1. The van der Waals surface area contributed by atoms with Gasteiger partial charge in [-0.05, 0) is 45.9 Å². The molecule has 124 valence electrons. The molecule has 0 saturated carbocycles. The van der Waals surface area contributed by atoms with Crippen molar-refractivity contribution in [2.75, 3.05) is 13.1 Å². The number of nitrogens with zero attached hydrogens (tertiary/aromatic N) is 2. The van der Waals surface area contributed by atoms with E-state index in [4.69, 9.17) is 9.15 Å². The van der Waals surface area contributed by atoms with E-state index in [1.165, 1.54) is 0 Å². The summed E-state index contributed by atoms with van der Waals surface area (Å²) in [6.07, 6.45) is 1.83. The first kappa shape index (κ1) is 15.9. The van der Waals surface area contributed by atoms with Gasteiger partial charge in [-0.3, -0.25) is 4.79 Å². The molecular weight excluding hydrogens is 292 g/mol. The molecule has 5 nitrogen and oxygen atoms in total. The van der Waals surface area contributed by atoms with Gasteiger partial charge in [-0.2, -0.15) is 0 Å². The molecule has 1 aliphatic rings. The average molecular weight is 316 g/mol.